The lowest BCUT2D eigenvalue weighted by Gasteiger charge is -2.06. The summed E-state index contributed by atoms with van der Waals surface area (Å²) in [5.41, 5.74) is 11.1. The summed E-state index contributed by atoms with van der Waals surface area (Å²) in [6, 6.07) is 23.7. The molecule has 1 amide bonds. The molecule has 34 heavy (non-hydrogen) atoms. The Morgan fingerprint density at radius 3 is 2.38 bits per heavy atom. The Bertz CT molecular complexity index is 1270. The molecule has 0 aliphatic heterocycles. The van der Waals surface area contributed by atoms with Gasteiger partial charge in [-0.1, -0.05) is 54.6 Å². The number of nitrogens with zero attached hydrogens (tertiary/aromatic N) is 2. The summed E-state index contributed by atoms with van der Waals surface area (Å²) in [5, 5.41) is 10.5. The molecule has 1 heterocycles. The Morgan fingerprint density at radius 1 is 0.971 bits per heavy atom. The van der Waals surface area contributed by atoms with Crippen LogP contribution < -0.4 is 11.1 Å². The normalized spacial score (nSPS) is 10.6. The third-order valence-corrected chi connectivity index (χ3v) is 5.88. The zero-order valence-corrected chi connectivity index (χ0v) is 20.1. The van der Waals surface area contributed by atoms with Crippen molar-refractivity contribution < 1.29 is 4.79 Å². The Balaban J connectivity index is 0.00000324. The first-order valence-corrected chi connectivity index (χ1v) is 11.2. The average molecular weight is 476 g/mol. The van der Waals surface area contributed by atoms with Crippen molar-refractivity contribution >= 4 is 35.2 Å². The van der Waals surface area contributed by atoms with Gasteiger partial charge in [0.15, 0.2) is 0 Å². The Labute approximate surface area is 206 Å². The predicted molar refractivity (Wildman–Crippen MR) is 140 cm³/mol. The zero-order chi connectivity index (χ0) is 23.2. The van der Waals surface area contributed by atoms with Gasteiger partial charge in [-0.2, -0.15) is 0 Å². The fourth-order valence-corrected chi connectivity index (χ4v) is 3.94. The number of halogens is 1. The number of carbonyl (C=O) groups excluding carboxylic acids is 1. The van der Waals surface area contributed by atoms with Crippen LogP contribution in [0.1, 0.15) is 45.7 Å². The number of aromatic nitrogens is 2. The highest BCUT2D eigenvalue weighted by molar-refractivity contribution is 5.97. The molecule has 0 aliphatic carbocycles. The molecule has 4 N–H and O–H groups in total. The van der Waals surface area contributed by atoms with Gasteiger partial charge in [0.1, 0.15) is 11.7 Å². The van der Waals surface area contributed by atoms with Crippen LogP contribution in [0.5, 0.6) is 0 Å². The van der Waals surface area contributed by atoms with Crippen molar-refractivity contribution in [3.63, 3.8) is 0 Å². The highest BCUT2D eigenvalue weighted by Gasteiger charge is 2.12. The van der Waals surface area contributed by atoms with Crippen molar-refractivity contribution in [2.75, 3.05) is 6.54 Å². The summed E-state index contributed by atoms with van der Waals surface area (Å²) < 4.78 is 2.06. The van der Waals surface area contributed by atoms with Crippen molar-refractivity contribution in [3.8, 4) is 0 Å². The summed E-state index contributed by atoms with van der Waals surface area (Å²) in [5.74, 6) is 0.911. The topological polar surface area (TPSA) is 96.8 Å². The van der Waals surface area contributed by atoms with Gasteiger partial charge in [-0.3, -0.25) is 10.2 Å². The molecule has 0 spiro atoms. The maximum absolute atomic E-state index is 12.6. The second-order valence-electron chi connectivity index (χ2n) is 8.28. The van der Waals surface area contributed by atoms with E-state index in [2.05, 4.69) is 34.1 Å². The quantitative estimate of drug-likeness (QED) is 0.187. The van der Waals surface area contributed by atoms with E-state index in [1.165, 1.54) is 5.56 Å². The van der Waals surface area contributed by atoms with Gasteiger partial charge in [0.2, 0.25) is 0 Å². The summed E-state index contributed by atoms with van der Waals surface area (Å²) in [6.45, 7) is 0.660. The summed E-state index contributed by atoms with van der Waals surface area (Å²) in [7, 11) is 1.99. The monoisotopic (exact) mass is 475 g/mol. The third kappa shape index (κ3) is 6.02. The standard InChI is InChI=1S/C27H29N5O.ClH/c1-32-24-15-14-22(27(33)30-16-6-5-9-19-7-3-2-4-8-19)18-23(24)31-25(32)17-20-10-12-21(13-11-20)26(28)29;/h2-4,7-8,10-15,18H,5-6,9,16-17H2,1H3,(H3,28,29)(H,30,33);1H. The van der Waals surface area contributed by atoms with Crippen LogP contribution in [0, 0.1) is 5.41 Å². The molecule has 6 nitrogen and oxygen atoms in total. The SMILES string of the molecule is Cl.Cn1c(Cc2ccc(C(=N)N)cc2)nc2cc(C(=O)NCCCCc3ccccc3)ccc21. The number of nitrogens with one attached hydrogen (secondary N) is 2. The van der Waals surface area contributed by atoms with Gasteiger partial charge in [0.25, 0.3) is 5.91 Å². The van der Waals surface area contributed by atoms with Gasteiger partial charge in [-0.25, -0.2) is 4.98 Å². The molecule has 1 aromatic heterocycles. The molecular formula is C27H30ClN5O. The van der Waals surface area contributed by atoms with Gasteiger partial charge in [-0.15, -0.1) is 12.4 Å². The minimum atomic E-state index is -0.0661. The maximum atomic E-state index is 12.6. The van der Waals surface area contributed by atoms with Crippen molar-refractivity contribution in [1.82, 2.24) is 14.9 Å². The molecule has 4 aromatic rings. The first kappa shape index (κ1) is 25.0. The molecule has 0 radical (unpaired) electrons. The summed E-state index contributed by atoms with van der Waals surface area (Å²) >= 11 is 0. The van der Waals surface area contributed by atoms with Gasteiger partial charge < -0.3 is 15.6 Å². The Kier molecular flexibility index (Phi) is 8.44. The molecule has 4 rings (SSSR count). The molecular weight excluding hydrogens is 446 g/mol. The summed E-state index contributed by atoms with van der Waals surface area (Å²) in [4.78, 5) is 17.4. The number of amidine groups is 1. The van der Waals surface area contributed by atoms with Crippen LogP contribution in [0.4, 0.5) is 0 Å². The van der Waals surface area contributed by atoms with E-state index < -0.39 is 0 Å². The van der Waals surface area contributed by atoms with Crippen LogP contribution in [-0.4, -0.2) is 27.8 Å². The number of nitrogen functional groups attached to an aromatic ring is 1. The number of hydrogen-bond acceptors (Lipinski definition) is 3. The molecule has 0 bridgehead atoms. The van der Waals surface area contributed by atoms with Gasteiger partial charge >= 0.3 is 0 Å². The molecule has 7 heteroatoms. The van der Waals surface area contributed by atoms with Crippen molar-refractivity contribution in [2.24, 2.45) is 12.8 Å². The first-order chi connectivity index (χ1) is 16.0. The molecule has 176 valence electrons. The van der Waals surface area contributed by atoms with E-state index in [0.29, 0.717) is 24.1 Å². The average Bonchev–Trinajstić information content (AvgIpc) is 3.14. The number of nitrogens with two attached hydrogens (primary N) is 1. The van der Waals surface area contributed by atoms with Crippen molar-refractivity contribution in [3.05, 3.63) is 101 Å². The second-order valence-corrected chi connectivity index (χ2v) is 8.28. The van der Waals surface area contributed by atoms with Gasteiger partial charge in [0.05, 0.1) is 11.0 Å². The van der Waals surface area contributed by atoms with Crippen LogP contribution in [0.2, 0.25) is 0 Å². The number of hydrogen-bond donors (Lipinski definition) is 3. The van der Waals surface area contributed by atoms with Crippen LogP contribution in [0.25, 0.3) is 11.0 Å². The fraction of sp³-hybridized carbons (Fsp3) is 0.222. The number of fused-ring (bicyclic) bond motifs is 1. The molecule has 0 aliphatic rings. The lowest BCUT2D eigenvalue weighted by atomic mass is 10.1. The number of imidazole rings is 1. The van der Waals surface area contributed by atoms with Crippen molar-refractivity contribution in [2.45, 2.75) is 25.7 Å². The molecule has 0 atom stereocenters. The highest BCUT2D eigenvalue weighted by Crippen LogP contribution is 2.19. The van der Waals surface area contributed by atoms with E-state index in [4.69, 9.17) is 16.1 Å². The smallest absolute Gasteiger partial charge is 0.251 e. The predicted octanol–water partition coefficient (Wildman–Crippen LogP) is 4.62. The van der Waals surface area contributed by atoms with E-state index in [0.717, 1.165) is 41.7 Å². The van der Waals surface area contributed by atoms with E-state index in [1.807, 2.05) is 55.6 Å². The number of benzene rings is 3. The van der Waals surface area contributed by atoms with Crippen LogP contribution in [-0.2, 0) is 19.9 Å². The largest absolute Gasteiger partial charge is 0.384 e. The van der Waals surface area contributed by atoms with E-state index in [-0.39, 0.29) is 24.1 Å². The zero-order valence-electron chi connectivity index (χ0n) is 19.3. The third-order valence-electron chi connectivity index (χ3n) is 5.88. The van der Waals surface area contributed by atoms with E-state index in [9.17, 15) is 4.79 Å². The lowest BCUT2D eigenvalue weighted by molar-refractivity contribution is 0.0953. The van der Waals surface area contributed by atoms with Crippen LogP contribution >= 0.6 is 12.4 Å². The molecule has 0 fully saturated rings. The second kappa shape index (κ2) is 11.5. The molecule has 3 aromatic carbocycles. The minimum Gasteiger partial charge on any atom is -0.384 e. The molecule has 0 unspecified atom stereocenters. The fourth-order valence-electron chi connectivity index (χ4n) is 3.94. The van der Waals surface area contributed by atoms with Crippen molar-refractivity contribution in [1.29, 1.82) is 5.41 Å². The Hall–Kier alpha value is -3.64. The maximum Gasteiger partial charge on any atom is 0.251 e. The number of aryl methyl sites for hydroxylation is 2. The van der Waals surface area contributed by atoms with Crippen LogP contribution in [0.15, 0.2) is 72.8 Å². The highest BCUT2D eigenvalue weighted by atomic mass is 35.5. The number of unbranched alkanes of at least 4 members (excludes halogenated alkanes) is 1. The number of amides is 1. The van der Waals surface area contributed by atoms with Gasteiger partial charge in [0, 0.05) is 31.1 Å². The first-order valence-electron chi connectivity index (χ1n) is 11.2. The molecule has 0 saturated carbocycles. The van der Waals surface area contributed by atoms with E-state index >= 15 is 0 Å². The summed E-state index contributed by atoms with van der Waals surface area (Å²) in [6.07, 6.45) is 3.67. The van der Waals surface area contributed by atoms with Gasteiger partial charge in [-0.05, 0) is 48.6 Å². The Morgan fingerprint density at radius 2 is 1.68 bits per heavy atom. The lowest BCUT2D eigenvalue weighted by Crippen LogP contribution is -2.24. The molecule has 0 saturated heterocycles. The number of carbonyl (C=O) groups is 1. The minimum absolute atomic E-state index is 0. The van der Waals surface area contributed by atoms with Crippen LogP contribution in [0.3, 0.4) is 0 Å². The number of rotatable bonds is 9. The van der Waals surface area contributed by atoms with E-state index in [1.54, 1.807) is 0 Å².